The minimum absolute atomic E-state index is 0.112. The number of likely N-dealkylation sites (tertiary alicyclic amines) is 1. The average molecular weight is 748 g/mol. The number of carboxylic acid groups (broad SMARTS) is 1. The van der Waals surface area contributed by atoms with E-state index in [1.165, 1.54) is 4.90 Å². The molecule has 2 aromatic rings. The number of alkyl carbamates (subject to hydrolysis) is 1. The normalized spacial score (nSPS) is 17.2. The molecule has 0 aromatic heterocycles. The molecule has 14 nitrogen and oxygen atoms in total. The van der Waals surface area contributed by atoms with Gasteiger partial charge < -0.3 is 36.0 Å². The van der Waals surface area contributed by atoms with Gasteiger partial charge in [0, 0.05) is 12.5 Å². The summed E-state index contributed by atoms with van der Waals surface area (Å²) in [6, 6.07) is 11.0. The average Bonchev–Trinajstić information content (AvgIpc) is 3.55. The van der Waals surface area contributed by atoms with E-state index >= 15 is 4.79 Å². The minimum atomic E-state index is -1.33. The van der Waals surface area contributed by atoms with Crippen molar-refractivity contribution in [1.82, 2.24) is 26.2 Å². The molecule has 0 radical (unpaired) electrons. The number of carbonyl (C=O) groups is 7. The largest absolute Gasteiger partial charge is 0.480 e. The number of hydrogen-bond acceptors (Lipinski definition) is 8. The summed E-state index contributed by atoms with van der Waals surface area (Å²) in [6.07, 6.45) is 1.89. The molecule has 4 atom stereocenters. The Morgan fingerprint density at radius 1 is 0.889 bits per heavy atom. The van der Waals surface area contributed by atoms with Gasteiger partial charge in [0.25, 0.3) is 5.91 Å². The zero-order valence-corrected chi connectivity index (χ0v) is 31.9. The van der Waals surface area contributed by atoms with Crippen molar-refractivity contribution < 1.29 is 43.4 Å². The molecule has 2 aliphatic rings. The molecule has 4 rings (SSSR count). The number of ether oxygens (including phenoxy) is 1. The number of fused-ring (bicyclic) bond motifs is 2. The Morgan fingerprint density at radius 2 is 1.48 bits per heavy atom. The number of amides is 5. The van der Waals surface area contributed by atoms with E-state index in [0.29, 0.717) is 25.7 Å². The van der Waals surface area contributed by atoms with E-state index in [9.17, 15) is 28.8 Å². The quantitative estimate of drug-likeness (QED) is 0.180. The van der Waals surface area contributed by atoms with Crippen LogP contribution < -0.4 is 21.3 Å². The Labute approximate surface area is 316 Å². The van der Waals surface area contributed by atoms with E-state index in [-0.39, 0.29) is 19.4 Å². The van der Waals surface area contributed by atoms with Crippen molar-refractivity contribution in [1.29, 1.82) is 0 Å². The van der Waals surface area contributed by atoms with Crippen LogP contribution in [-0.2, 0) is 46.3 Å². The van der Waals surface area contributed by atoms with E-state index in [4.69, 9.17) is 9.84 Å². The molecule has 2 aromatic carbocycles. The Morgan fingerprint density at radius 3 is 2.02 bits per heavy atom. The summed E-state index contributed by atoms with van der Waals surface area (Å²) in [5, 5.41) is 19.3. The predicted molar refractivity (Wildman–Crippen MR) is 199 cm³/mol. The van der Waals surface area contributed by atoms with Crippen molar-refractivity contribution in [3.05, 3.63) is 70.8 Å². The molecule has 14 heteroatoms. The third-order valence-electron chi connectivity index (χ3n) is 9.64. The summed E-state index contributed by atoms with van der Waals surface area (Å²) < 4.78 is 5.45. The highest BCUT2D eigenvalue weighted by atomic mass is 16.6. The lowest BCUT2D eigenvalue weighted by Gasteiger charge is -2.35. The standard InChI is InChI=1S/C40H53N5O9/c1-7-13-28(34(48)37(51)41-22-30(46)47)42-35(49)29-18-12-21-45(29)38(52)33(43-36(50)32(23(2)3)44-39(53)54-40(4,5)6)31-26-16-10-8-14-24(26)19-20-25-15-9-11-17-27(25)31/h8-11,14-17,23,28-29,31-33H,7,12-13,18-22H2,1-6H3,(H,41,51)(H,42,49)(H,43,50)(H,44,53)(H,46,47)/t28?,29-,32-,33?/m0/s1. The molecule has 1 heterocycles. The Bertz CT molecular complexity index is 1690. The molecule has 5 amide bonds. The topological polar surface area (TPSA) is 200 Å². The number of carboxylic acids is 1. The molecule has 1 saturated heterocycles. The van der Waals surface area contributed by atoms with Crippen molar-refractivity contribution in [3.8, 4) is 0 Å². The third kappa shape index (κ3) is 10.4. The molecule has 1 aliphatic heterocycles. The first-order valence-corrected chi connectivity index (χ1v) is 18.6. The fraction of sp³-hybridized carbons (Fsp3) is 0.525. The van der Waals surface area contributed by atoms with Gasteiger partial charge in [0.2, 0.25) is 23.5 Å². The van der Waals surface area contributed by atoms with Crippen LogP contribution in [-0.4, -0.2) is 94.3 Å². The van der Waals surface area contributed by atoms with Crippen LogP contribution in [0.3, 0.4) is 0 Å². The van der Waals surface area contributed by atoms with Crippen molar-refractivity contribution in [2.45, 2.75) is 116 Å². The zero-order chi connectivity index (χ0) is 39.7. The summed E-state index contributed by atoms with van der Waals surface area (Å²) in [5.41, 5.74) is 2.90. The van der Waals surface area contributed by atoms with Gasteiger partial charge in [-0.15, -0.1) is 0 Å². The van der Waals surface area contributed by atoms with Crippen molar-refractivity contribution in [3.63, 3.8) is 0 Å². The van der Waals surface area contributed by atoms with Crippen molar-refractivity contribution in [2.24, 2.45) is 5.92 Å². The first-order chi connectivity index (χ1) is 25.5. The molecule has 2 unspecified atom stereocenters. The Kier molecular flexibility index (Phi) is 14.0. The number of Topliss-reactive ketones (excluding diaryl/α,β-unsaturated/α-hetero) is 1. The first-order valence-electron chi connectivity index (χ1n) is 18.6. The van der Waals surface area contributed by atoms with Gasteiger partial charge in [0.05, 0.1) is 6.04 Å². The zero-order valence-electron chi connectivity index (χ0n) is 31.9. The van der Waals surface area contributed by atoms with Gasteiger partial charge in [0.15, 0.2) is 0 Å². The predicted octanol–water partition coefficient (Wildman–Crippen LogP) is 3.00. The fourth-order valence-corrected chi connectivity index (χ4v) is 7.14. The second kappa shape index (κ2) is 18.2. The molecule has 5 N–H and O–H groups in total. The molecular weight excluding hydrogens is 694 g/mol. The van der Waals surface area contributed by atoms with Crippen LogP contribution in [0.2, 0.25) is 0 Å². The number of aryl methyl sites for hydroxylation is 2. The van der Waals surface area contributed by atoms with E-state index in [2.05, 4.69) is 16.0 Å². The second-order valence-corrected chi connectivity index (χ2v) is 15.2. The Hall–Kier alpha value is -5.27. The maximum absolute atomic E-state index is 15.1. The molecule has 0 spiro atoms. The van der Waals surface area contributed by atoms with Crippen LogP contribution in [0.15, 0.2) is 48.5 Å². The number of nitrogens with zero attached hydrogens (tertiary/aromatic N) is 1. The number of aliphatic carboxylic acids is 1. The van der Waals surface area contributed by atoms with E-state index in [0.717, 1.165) is 22.3 Å². The minimum Gasteiger partial charge on any atom is -0.480 e. The monoisotopic (exact) mass is 747 g/mol. The van der Waals surface area contributed by atoms with Crippen molar-refractivity contribution in [2.75, 3.05) is 13.1 Å². The molecular formula is C40H53N5O9. The lowest BCUT2D eigenvalue weighted by atomic mass is 9.81. The molecule has 0 bridgehead atoms. The third-order valence-corrected chi connectivity index (χ3v) is 9.64. The summed E-state index contributed by atoms with van der Waals surface area (Å²) >= 11 is 0. The van der Waals surface area contributed by atoms with E-state index < -0.39 is 89.6 Å². The summed E-state index contributed by atoms with van der Waals surface area (Å²) in [6.45, 7) is 9.88. The van der Waals surface area contributed by atoms with E-state index in [1.807, 2.05) is 53.8 Å². The van der Waals surface area contributed by atoms with Gasteiger partial charge >= 0.3 is 12.1 Å². The van der Waals surface area contributed by atoms with Gasteiger partial charge in [-0.1, -0.05) is 75.7 Å². The smallest absolute Gasteiger partial charge is 0.408 e. The summed E-state index contributed by atoms with van der Waals surface area (Å²) in [7, 11) is 0. The number of benzene rings is 2. The van der Waals surface area contributed by atoms with Crippen LogP contribution in [0, 0.1) is 5.92 Å². The fourth-order valence-electron chi connectivity index (χ4n) is 7.14. The number of nitrogens with one attached hydrogen (secondary N) is 4. The maximum atomic E-state index is 15.1. The van der Waals surface area contributed by atoms with Crippen LogP contribution in [0.4, 0.5) is 4.79 Å². The molecule has 1 aliphatic carbocycles. The molecule has 1 fully saturated rings. The van der Waals surface area contributed by atoms with Crippen LogP contribution in [0.1, 0.15) is 95.4 Å². The van der Waals surface area contributed by atoms with Gasteiger partial charge in [-0.3, -0.25) is 28.8 Å². The second-order valence-electron chi connectivity index (χ2n) is 15.2. The first kappa shape index (κ1) is 41.5. The molecule has 292 valence electrons. The van der Waals surface area contributed by atoms with Gasteiger partial charge in [0.1, 0.15) is 30.3 Å². The van der Waals surface area contributed by atoms with Gasteiger partial charge in [-0.05, 0) is 81.0 Å². The molecule has 54 heavy (non-hydrogen) atoms. The maximum Gasteiger partial charge on any atom is 0.408 e. The van der Waals surface area contributed by atoms with Crippen molar-refractivity contribution >= 4 is 41.5 Å². The lowest BCUT2D eigenvalue weighted by Crippen LogP contribution is -2.60. The van der Waals surface area contributed by atoms with Crippen LogP contribution in [0.5, 0.6) is 0 Å². The summed E-state index contributed by atoms with van der Waals surface area (Å²) in [5.74, 6) is -6.27. The van der Waals surface area contributed by atoms with E-state index in [1.54, 1.807) is 41.5 Å². The number of carbonyl (C=O) groups excluding carboxylic acids is 6. The molecule has 0 saturated carbocycles. The number of rotatable bonds is 14. The number of ketones is 1. The summed E-state index contributed by atoms with van der Waals surface area (Å²) in [4.78, 5) is 94.0. The lowest BCUT2D eigenvalue weighted by molar-refractivity contribution is -0.144. The van der Waals surface area contributed by atoms with Gasteiger partial charge in [-0.2, -0.15) is 0 Å². The highest BCUT2D eigenvalue weighted by molar-refractivity contribution is 6.38. The highest BCUT2D eigenvalue weighted by Crippen LogP contribution is 2.38. The highest BCUT2D eigenvalue weighted by Gasteiger charge is 2.44. The number of hydrogen-bond donors (Lipinski definition) is 5. The SMILES string of the molecule is CCCC(NC(=O)[C@@H]1CCCN1C(=O)C(NC(=O)[C@@H](NC(=O)OC(C)(C)C)C(C)C)C1c2ccccc2CCc2ccccc21)C(=O)C(=O)NCC(=O)O. The van der Waals surface area contributed by atoms with Crippen LogP contribution >= 0.6 is 0 Å². The van der Waals surface area contributed by atoms with Crippen LogP contribution in [0.25, 0.3) is 0 Å². The van der Waals surface area contributed by atoms with Gasteiger partial charge in [-0.25, -0.2) is 4.79 Å². The Balaban J connectivity index is 1.72.